The minimum atomic E-state index is -0.999. The van der Waals surface area contributed by atoms with Gasteiger partial charge < -0.3 is 14.6 Å². The quantitative estimate of drug-likeness (QED) is 0.765. The Morgan fingerprint density at radius 1 is 1.29 bits per heavy atom. The molecule has 0 aromatic carbocycles. The molecule has 0 aromatic heterocycles. The number of nitrogens with zero attached hydrogens (tertiary/aromatic N) is 2. The van der Waals surface area contributed by atoms with E-state index in [0.717, 1.165) is 0 Å². The summed E-state index contributed by atoms with van der Waals surface area (Å²) in [7, 11) is 3.11. The van der Waals surface area contributed by atoms with Gasteiger partial charge >= 0.3 is 0 Å². The van der Waals surface area contributed by atoms with Crippen LogP contribution >= 0.6 is 0 Å². The van der Waals surface area contributed by atoms with Crippen molar-refractivity contribution in [1.82, 2.24) is 0 Å². The Morgan fingerprint density at radius 2 is 1.95 bits per heavy atom. The van der Waals surface area contributed by atoms with Gasteiger partial charge in [-0.1, -0.05) is 26.0 Å². The molecule has 1 heterocycles. The molecule has 0 fully saturated rings. The van der Waals surface area contributed by atoms with Crippen molar-refractivity contribution in [3.05, 3.63) is 25.3 Å². The van der Waals surface area contributed by atoms with Gasteiger partial charge in [0.1, 0.15) is 6.04 Å². The van der Waals surface area contributed by atoms with E-state index in [1.165, 1.54) is 0 Å². The van der Waals surface area contributed by atoms with Crippen LogP contribution in [0.25, 0.3) is 0 Å². The van der Waals surface area contributed by atoms with Gasteiger partial charge in [-0.3, -0.25) is 0 Å². The lowest BCUT2D eigenvalue weighted by Crippen LogP contribution is -2.53. The maximum atomic E-state index is 10.6. The van der Waals surface area contributed by atoms with Crippen molar-refractivity contribution in [2.45, 2.75) is 44.4 Å². The van der Waals surface area contributed by atoms with Crippen LogP contribution < -0.4 is 0 Å². The van der Waals surface area contributed by atoms with E-state index in [0.29, 0.717) is 24.6 Å². The Bertz CT molecular complexity index is 443. The number of hydrogen-bond donors (Lipinski definition) is 1. The monoisotopic (exact) mass is 294 g/mol. The Balaban J connectivity index is 3.38. The largest absolute Gasteiger partial charge is 0.483 e. The van der Waals surface area contributed by atoms with Gasteiger partial charge in [-0.2, -0.15) is 0 Å². The average molecular weight is 294 g/mol. The van der Waals surface area contributed by atoms with Gasteiger partial charge in [0.15, 0.2) is 5.54 Å². The second-order valence-corrected chi connectivity index (χ2v) is 5.44. The summed E-state index contributed by atoms with van der Waals surface area (Å²) in [5.41, 5.74) is -0.999. The number of aliphatic imine (C=N–C) groups is 2. The molecule has 0 saturated carbocycles. The van der Waals surface area contributed by atoms with Crippen LogP contribution in [0.3, 0.4) is 0 Å². The molecule has 1 rings (SSSR count). The fourth-order valence-electron chi connectivity index (χ4n) is 2.49. The van der Waals surface area contributed by atoms with Gasteiger partial charge in [0.25, 0.3) is 0 Å². The summed E-state index contributed by atoms with van der Waals surface area (Å²) in [5.74, 6) is 1.14. The smallest absolute Gasteiger partial charge is 0.215 e. The Kier molecular flexibility index (Phi) is 6.15. The third-order valence-corrected chi connectivity index (χ3v) is 3.62. The predicted molar refractivity (Wildman–Crippen MR) is 85.9 cm³/mol. The highest BCUT2D eigenvalue weighted by molar-refractivity contribution is 5.97. The maximum Gasteiger partial charge on any atom is 0.215 e. The molecule has 1 N–H and O–H groups in total. The van der Waals surface area contributed by atoms with Crippen LogP contribution in [0.15, 0.2) is 35.3 Å². The summed E-state index contributed by atoms with van der Waals surface area (Å²) in [6.45, 7) is 11.5. The van der Waals surface area contributed by atoms with Gasteiger partial charge in [-0.25, -0.2) is 9.98 Å². The molecular weight excluding hydrogens is 268 g/mol. The normalized spacial score (nSPS) is 26.7. The molecule has 21 heavy (non-hydrogen) atoms. The van der Waals surface area contributed by atoms with Crippen LogP contribution in [0.1, 0.15) is 26.7 Å². The lowest BCUT2D eigenvalue weighted by atomic mass is 9.84. The summed E-state index contributed by atoms with van der Waals surface area (Å²) in [6.07, 6.45) is 3.34. The topological polar surface area (TPSA) is 63.4 Å². The van der Waals surface area contributed by atoms with Crippen LogP contribution in [0.5, 0.6) is 0 Å². The number of ether oxygens (including phenoxy) is 2. The van der Waals surface area contributed by atoms with Crippen molar-refractivity contribution in [3.63, 3.8) is 0 Å². The van der Waals surface area contributed by atoms with Crippen molar-refractivity contribution in [2.75, 3.05) is 14.2 Å². The summed E-state index contributed by atoms with van der Waals surface area (Å²) in [4.78, 5) is 9.29. The lowest BCUT2D eigenvalue weighted by molar-refractivity contribution is 0.106. The fraction of sp³-hybridized carbons (Fsp3) is 0.625. The van der Waals surface area contributed by atoms with Crippen molar-refractivity contribution < 1.29 is 14.6 Å². The molecule has 0 saturated heterocycles. The number of rotatable bonds is 6. The molecule has 5 nitrogen and oxygen atoms in total. The van der Waals surface area contributed by atoms with E-state index in [-0.39, 0.29) is 12.0 Å². The first-order valence-electron chi connectivity index (χ1n) is 7.12. The number of hydrogen-bond acceptors (Lipinski definition) is 5. The van der Waals surface area contributed by atoms with Crippen LogP contribution in [0.2, 0.25) is 0 Å². The third kappa shape index (κ3) is 3.35. The first-order valence-corrected chi connectivity index (χ1v) is 7.12. The fourth-order valence-corrected chi connectivity index (χ4v) is 2.49. The van der Waals surface area contributed by atoms with E-state index >= 15 is 0 Å². The zero-order valence-corrected chi connectivity index (χ0v) is 13.4. The molecule has 0 aliphatic carbocycles. The van der Waals surface area contributed by atoms with E-state index in [1.54, 1.807) is 26.4 Å². The zero-order valence-electron chi connectivity index (χ0n) is 13.4. The van der Waals surface area contributed by atoms with Crippen molar-refractivity contribution in [1.29, 1.82) is 0 Å². The van der Waals surface area contributed by atoms with Gasteiger partial charge in [0.2, 0.25) is 11.8 Å². The van der Waals surface area contributed by atoms with Crippen LogP contribution in [0, 0.1) is 5.92 Å². The number of aliphatic hydroxyl groups is 1. The van der Waals surface area contributed by atoms with Crippen LogP contribution in [-0.2, 0) is 9.47 Å². The highest BCUT2D eigenvalue weighted by Crippen LogP contribution is 2.32. The molecule has 5 heteroatoms. The van der Waals surface area contributed by atoms with Gasteiger partial charge in [-0.05, 0) is 12.3 Å². The molecule has 0 amide bonds. The molecule has 0 aromatic rings. The standard InChI is InChI=1S/C16H26N2O3/c1-7-9-12(19)16(10-8-2)15(21-6)17-13(11(3)4)14(18-16)20-5/h7-8,11-13,19H,1-2,9-10H2,3-6H3. The SMILES string of the molecule is C=CCC(O)C1(CC=C)N=C(OC)C(C(C)C)N=C1OC. The van der Waals surface area contributed by atoms with Crippen LogP contribution in [0.4, 0.5) is 0 Å². The maximum absolute atomic E-state index is 10.6. The Morgan fingerprint density at radius 3 is 2.38 bits per heavy atom. The molecular formula is C16H26N2O3. The lowest BCUT2D eigenvalue weighted by Gasteiger charge is -2.38. The molecule has 0 spiro atoms. The molecule has 3 unspecified atom stereocenters. The molecule has 0 bridgehead atoms. The van der Waals surface area contributed by atoms with Crippen molar-refractivity contribution >= 4 is 11.8 Å². The summed E-state index contributed by atoms with van der Waals surface area (Å²) < 4.78 is 10.8. The Hall–Kier alpha value is -1.62. The van der Waals surface area contributed by atoms with Gasteiger partial charge in [0.05, 0.1) is 20.3 Å². The molecule has 118 valence electrons. The van der Waals surface area contributed by atoms with E-state index < -0.39 is 11.6 Å². The molecule has 3 atom stereocenters. The summed E-state index contributed by atoms with van der Waals surface area (Å²) in [5, 5.41) is 10.6. The van der Waals surface area contributed by atoms with E-state index in [2.05, 4.69) is 23.1 Å². The average Bonchev–Trinajstić information content (AvgIpc) is 2.46. The second-order valence-electron chi connectivity index (χ2n) is 5.44. The molecule has 0 radical (unpaired) electrons. The van der Waals surface area contributed by atoms with Crippen LogP contribution in [-0.4, -0.2) is 48.8 Å². The first-order chi connectivity index (χ1) is 9.96. The molecule has 1 aliphatic heterocycles. The minimum absolute atomic E-state index is 0.209. The van der Waals surface area contributed by atoms with Crippen molar-refractivity contribution in [3.8, 4) is 0 Å². The van der Waals surface area contributed by atoms with E-state index in [4.69, 9.17) is 9.47 Å². The van der Waals surface area contributed by atoms with E-state index in [9.17, 15) is 5.11 Å². The number of aliphatic hydroxyl groups excluding tert-OH is 1. The second kappa shape index (κ2) is 7.41. The van der Waals surface area contributed by atoms with Gasteiger partial charge in [0, 0.05) is 6.42 Å². The highest BCUT2D eigenvalue weighted by Gasteiger charge is 2.47. The highest BCUT2D eigenvalue weighted by atomic mass is 16.5. The first kappa shape index (κ1) is 17.4. The van der Waals surface area contributed by atoms with Gasteiger partial charge in [-0.15, -0.1) is 13.2 Å². The van der Waals surface area contributed by atoms with Crippen molar-refractivity contribution in [2.24, 2.45) is 15.9 Å². The van der Waals surface area contributed by atoms with E-state index in [1.807, 2.05) is 13.8 Å². The Labute approximate surface area is 127 Å². The number of methoxy groups -OCH3 is 2. The summed E-state index contributed by atoms with van der Waals surface area (Å²) >= 11 is 0. The zero-order chi connectivity index (χ0) is 16.0. The predicted octanol–water partition coefficient (Wildman–Crippen LogP) is 2.37. The summed E-state index contributed by atoms with van der Waals surface area (Å²) in [6, 6.07) is -0.209. The minimum Gasteiger partial charge on any atom is -0.483 e. The molecule has 1 aliphatic rings. The third-order valence-electron chi connectivity index (χ3n) is 3.62.